The van der Waals surface area contributed by atoms with E-state index < -0.39 is 0 Å². The van der Waals surface area contributed by atoms with E-state index in [-0.39, 0.29) is 0 Å². The van der Waals surface area contributed by atoms with Crippen molar-refractivity contribution in [2.75, 3.05) is 5.32 Å². The van der Waals surface area contributed by atoms with E-state index in [0.29, 0.717) is 12.5 Å². The van der Waals surface area contributed by atoms with Crippen LogP contribution in [0, 0.1) is 5.92 Å². The van der Waals surface area contributed by atoms with Crippen LogP contribution in [0.3, 0.4) is 0 Å². The molecule has 0 spiro atoms. The average Bonchev–Trinajstić information content (AvgIpc) is 2.90. The summed E-state index contributed by atoms with van der Waals surface area (Å²) in [6.45, 7) is 2.90. The maximum absolute atomic E-state index is 4.74. The van der Waals surface area contributed by atoms with Crippen LogP contribution in [-0.4, -0.2) is 6.21 Å². The van der Waals surface area contributed by atoms with E-state index in [0.717, 1.165) is 23.4 Å². The molecule has 5 rings (SSSR count). The lowest BCUT2D eigenvalue weighted by molar-refractivity contribution is 0.740. The molecule has 0 radical (unpaired) electrons. The van der Waals surface area contributed by atoms with Gasteiger partial charge in [-0.15, -0.1) is 0 Å². The van der Waals surface area contributed by atoms with Crippen molar-refractivity contribution >= 4 is 23.2 Å². The second-order valence-corrected chi connectivity index (χ2v) is 9.07. The van der Waals surface area contributed by atoms with Gasteiger partial charge in [0.05, 0.1) is 6.54 Å². The Morgan fingerprint density at radius 1 is 0.829 bits per heavy atom. The standard InChI is InChI=1S/C33H30N2/c1-25-10-7-15-29(20-25)30-16-8-11-26(21-30)23-34-24-27-12-9-17-31(22-27)35-33-19-6-5-18-32(33)28-13-3-2-4-14-28/h2-9,11-23,25,35H,10,24H2,1H3/b34-23+. The molecule has 0 bridgehead atoms. The molecule has 0 aromatic heterocycles. The van der Waals surface area contributed by atoms with Gasteiger partial charge >= 0.3 is 0 Å². The summed E-state index contributed by atoms with van der Waals surface area (Å²) in [5.74, 6) is 0.591. The van der Waals surface area contributed by atoms with E-state index in [2.05, 4.69) is 128 Å². The van der Waals surface area contributed by atoms with E-state index in [1.807, 2.05) is 12.3 Å². The summed E-state index contributed by atoms with van der Waals surface area (Å²) in [6.07, 6.45) is 9.94. The fraction of sp³-hybridized carbons (Fsp3) is 0.121. The summed E-state index contributed by atoms with van der Waals surface area (Å²) in [6, 6.07) is 36.0. The van der Waals surface area contributed by atoms with E-state index in [4.69, 9.17) is 4.99 Å². The molecule has 0 fully saturated rings. The van der Waals surface area contributed by atoms with Crippen LogP contribution in [0.5, 0.6) is 0 Å². The van der Waals surface area contributed by atoms with Crippen molar-refractivity contribution in [1.29, 1.82) is 0 Å². The van der Waals surface area contributed by atoms with Gasteiger partial charge in [-0.3, -0.25) is 4.99 Å². The van der Waals surface area contributed by atoms with Gasteiger partial charge in [-0.1, -0.05) is 104 Å². The molecule has 1 unspecified atom stereocenters. The number of nitrogens with zero attached hydrogens (tertiary/aromatic N) is 1. The third-order valence-electron chi connectivity index (χ3n) is 6.22. The number of hydrogen-bond donors (Lipinski definition) is 1. The Kier molecular flexibility index (Phi) is 7.00. The van der Waals surface area contributed by atoms with Crippen LogP contribution < -0.4 is 5.32 Å². The number of nitrogens with one attached hydrogen (secondary N) is 1. The van der Waals surface area contributed by atoms with Crippen molar-refractivity contribution in [3.8, 4) is 11.1 Å². The topological polar surface area (TPSA) is 24.4 Å². The molecule has 2 nitrogen and oxygen atoms in total. The lowest BCUT2D eigenvalue weighted by Crippen LogP contribution is -1.96. The van der Waals surface area contributed by atoms with Crippen LogP contribution in [0.4, 0.5) is 11.4 Å². The SMILES string of the molecule is CC1C=C(c2cccc(/C=N/Cc3cccc(Nc4ccccc4-c4ccccc4)c3)c2)C=CC1. The molecule has 4 aromatic carbocycles. The first kappa shape index (κ1) is 22.6. The predicted molar refractivity (Wildman–Crippen MR) is 150 cm³/mol. The summed E-state index contributed by atoms with van der Waals surface area (Å²) in [4.78, 5) is 4.74. The van der Waals surface area contributed by atoms with Crippen LogP contribution in [0.1, 0.15) is 30.0 Å². The van der Waals surface area contributed by atoms with Gasteiger partial charge in [0, 0.05) is 23.2 Å². The molecule has 1 atom stereocenters. The number of aliphatic imine (C=N–C) groups is 1. The maximum atomic E-state index is 4.74. The molecule has 0 saturated heterocycles. The number of benzene rings is 4. The second-order valence-electron chi connectivity index (χ2n) is 9.07. The molecule has 1 aliphatic carbocycles. The van der Waals surface area contributed by atoms with Crippen molar-refractivity contribution in [2.24, 2.45) is 10.9 Å². The summed E-state index contributed by atoms with van der Waals surface area (Å²) >= 11 is 0. The summed E-state index contributed by atoms with van der Waals surface area (Å²) in [7, 11) is 0. The Balaban J connectivity index is 1.28. The maximum Gasteiger partial charge on any atom is 0.0640 e. The smallest absolute Gasteiger partial charge is 0.0640 e. The van der Waals surface area contributed by atoms with Crippen LogP contribution in [0.15, 0.2) is 126 Å². The fourth-order valence-electron chi connectivity index (χ4n) is 4.45. The fourth-order valence-corrected chi connectivity index (χ4v) is 4.45. The number of anilines is 2. The van der Waals surface area contributed by atoms with Crippen molar-refractivity contribution < 1.29 is 0 Å². The Labute approximate surface area is 208 Å². The zero-order chi connectivity index (χ0) is 23.9. The number of hydrogen-bond acceptors (Lipinski definition) is 2. The predicted octanol–water partition coefficient (Wildman–Crippen LogP) is 8.70. The highest BCUT2D eigenvalue weighted by Gasteiger charge is 2.07. The quantitative estimate of drug-likeness (QED) is 0.277. The third-order valence-corrected chi connectivity index (χ3v) is 6.22. The molecule has 0 aliphatic heterocycles. The molecule has 0 amide bonds. The summed E-state index contributed by atoms with van der Waals surface area (Å²) in [5.41, 5.74) is 9.40. The normalized spacial score (nSPS) is 15.2. The Morgan fingerprint density at radius 3 is 2.51 bits per heavy atom. The van der Waals surface area contributed by atoms with Crippen LogP contribution >= 0.6 is 0 Å². The average molecular weight is 455 g/mol. The van der Waals surface area contributed by atoms with Gasteiger partial charge in [-0.05, 0) is 64.4 Å². The van der Waals surface area contributed by atoms with Crippen LogP contribution in [0.25, 0.3) is 16.7 Å². The highest BCUT2D eigenvalue weighted by Crippen LogP contribution is 2.30. The zero-order valence-electron chi connectivity index (χ0n) is 20.1. The molecule has 0 saturated carbocycles. The first-order chi connectivity index (χ1) is 17.2. The van der Waals surface area contributed by atoms with Crippen molar-refractivity contribution in [3.05, 3.63) is 138 Å². The lowest BCUT2D eigenvalue weighted by Gasteiger charge is -2.13. The Morgan fingerprint density at radius 2 is 1.63 bits per heavy atom. The molecule has 1 aliphatic rings. The number of para-hydroxylation sites is 1. The van der Waals surface area contributed by atoms with Crippen molar-refractivity contribution in [1.82, 2.24) is 0 Å². The second kappa shape index (κ2) is 10.8. The van der Waals surface area contributed by atoms with Crippen LogP contribution in [0.2, 0.25) is 0 Å². The summed E-state index contributed by atoms with van der Waals surface area (Å²) in [5, 5.41) is 3.60. The van der Waals surface area contributed by atoms with Crippen molar-refractivity contribution in [2.45, 2.75) is 19.9 Å². The van der Waals surface area contributed by atoms with Gasteiger partial charge < -0.3 is 5.32 Å². The van der Waals surface area contributed by atoms with Gasteiger partial charge in [0.15, 0.2) is 0 Å². The molecule has 1 N–H and O–H groups in total. The van der Waals surface area contributed by atoms with Gasteiger partial charge in [-0.25, -0.2) is 0 Å². The van der Waals surface area contributed by atoms with E-state index in [1.54, 1.807) is 0 Å². The third kappa shape index (κ3) is 5.85. The molecule has 4 aromatic rings. The largest absolute Gasteiger partial charge is 0.355 e. The monoisotopic (exact) mass is 454 g/mol. The molecule has 35 heavy (non-hydrogen) atoms. The van der Waals surface area contributed by atoms with Gasteiger partial charge in [0.25, 0.3) is 0 Å². The van der Waals surface area contributed by atoms with E-state index in [1.165, 1.54) is 27.8 Å². The molecule has 0 heterocycles. The van der Waals surface area contributed by atoms with Crippen LogP contribution in [-0.2, 0) is 6.54 Å². The van der Waals surface area contributed by atoms with E-state index in [9.17, 15) is 0 Å². The molecular formula is C33H30N2. The minimum Gasteiger partial charge on any atom is -0.355 e. The van der Waals surface area contributed by atoms with Gasteiger partial charge in [0.1, 0.15) is 0 Å². The van der Waals surface area contributed by atoms with Gasteiger partial charge in [-0.2, -0.15) is 0 Å². The lowest BCUT2D eigenvalue weighted by atomic mass is 9.93. The zero-order valence-corrected chi connectivity index (χ0v) is 20.1. The minimum atomic E-state index is 0.591. The summed E-state index contributed by atoms with van der Waals surface area (Å²) < 4.78 is 0. The number of allylic oxidation sites excluding steroid dienone is 4. The van der Waals surface area contributed by atoms with Crippen molar-refractivity contribution in [3.63, 3.8) is 0 Å². The number of rotatable bonds is 7. The Hall–Kier alpha value is -4.17. The minimum absolute atomic E-state index is 0.591. The Bertz CT molecular complexity index is 1380. The molecular weight excluding hydrogens is 424 g/mol. The highest BCUT2D eigenvalue weighted by molar-refractivity contribution is 5.84. The molecule has 172 valence electrons. The molecule has 2 heteroatoms. The first-order valence-electron chi connectivity index (χ1n) is 12.2. The van der Waals surface area contributed by atoms with Gasteiger partial charge in [0.2, 0.25) is 0 Å². The van der Waals surface area contributed by atoms with E-state index >= 15 is 0 Å². The highest BCUT2D eigenvalue weighted by atomic mass is 14.9. The first-order valence-corrected chi connectivity index (χ1v) is 12.2.